The Hall–Kier alpha value is -1.49. The summed E-state index contributed by atoms with van der Waals surface area (Å²) >= 11 is 0. The lowest BCUT2D eigenvalue weighted by atomic mass is 9.52. The number of hydrogen-bond acceptors (Lipinski definition) is 4. The summed E-state index contributed by atoms with van der Waals surface area (Å²) in [7, 11) is 0. The maximum atomic E-state index is 11.1. The number of benzene rings is 1. The smallest absolute Gasteiger partial charge is 0.169 e. The van der Waals surface area contributed by atoms with Gasteiger partial charge in [0, 0.05) is 30.4 Å². The highest BCUT2D eigenvalue weighted by molar-refractivity contribution is 5.76. The summed E-state index contributed by atoms with van der Waals surface area (Å²) in [6.07, 6.45) is 9.89. The van der Waals surface area contributed by atoms with Gasteiger partial charge in [-0.2, -0.15) is 0 Å². The normalized spacial score (nSPS) is 40.4. The standard InChI is InChI=1S/C30H41NO3/c1-28(2)17-33-30(34-18-28)13-12-22-21(14-30)8-9-23-25-10-11-26(32)29(25,3)15-24(27(22)23)20-6-4-19(16-31)5-7-20/h4-7,16,21,23-26,31-32H,8-15,17-18H2,1-3H3. The third kappa shape index (κ3) is 3.55. The molecule has 3 saturated carbocycles. The van der Waals surface area contributed by atoms with E-state index in [4.69, 9.17) is 14.9 Å². The molecule has 1 aromatic carbocycles. The third-order valence-electron chi connectivity index (χ3n) is 10.2. The molecule has 0 bridgehead atoms. The van der Waals surface area contributed by atoms with Crippen molar-refractivity contribution in [2.45, 2.75) is 89.9 Å². The van der Waals surface area contributed by atoms with E-state index in [0.717, 1.165) is 57.3 Å². The van der Waals surface area contributed by atoms with Crippen LogP contribution in [0.25, 0.3) is 0 Å². The summed E-state index contributed by atoms with van der Waals surface area (Å²) in [5, 5.41) is 18.7. The molecule has 4 heteroatoms. The summed E-state index contributed by atoms with van der Waals surface area (Å²) in [5.41, 5.74) is 5.83. The molecule has 0 radical (unpaired) electrons. The fraction of sp³-hybridized carbons (Fsp3) is 0.700. The van der Waals surface area contributed by atoms with Crippen LogP contribution in [0.2, 0.25) is 0 Å². The molecule has 4 aliphatic carbocycles. The molecule has 4 nitrogen and oxygen atoms in total. The number of hydrogen-bond donors (Lipinski definition) is 2. The second-order valence-electron chi connectivity index (χ2n) is 13.0. The number of ether oxygens (including phenoxy) is 2. The molecule has 1 spiro atoms. The fourth-order valence-corrected chi connectivity index (χ4v) is 8.32. The summed E-state index contributed by atoms with van der Waals surface area (Å²) in [5.74, 6) is 1.74. The Morgan fingerprint density at radius 2 is 1.71 bits per heavy atom. The molecule has 0 amide bonds. The minimum atomic E-state index is -0.384. The SMILES string of the molecule is CC1(C)COC2(CCC3=C4C(c5ccc(C=N)cc5)CC5(C)C(O)CCC5C4CCC3C2)OC1. The van der Waals surface area contributed by atoms with E-state index in [9.17, 15) is 5.11 Å². The van der Waals surface area contributed by atoms with Crippen molar-refractivity contribution >= 4 is 6.21 Å². The van der Waals surface area contributed by atoms with E-state index in [1.807, 2.05) is 0 Å². The quantitative estimate of drug-likeness (QED) is 0.404. The van der Waals surface area contributed by atoms with Crippen molar-refractivity contribution in [1.29, 1.82) is 5.41 Å². The first kappa shape index (κ1) is 22.9. The van der Waals surface area contributed by atoms with Crippen LogP contribution in [-0.4, -0.2) is 36.4 Å². The average Bonchev–Trinajstić information content (AvgIpc) is 3.14. The third-order valence-corrected chi connectivity index (χ3v) is 10.2. The van der Waals surface area contributed by atoms with Gasteiger partial charge in [-0.1, -0.05) is 56.2 Å². The van der Waals surface area contributed by atoms with Crippen molar-refractivity contribution in [2.24, 2.45) is 28.6 Å². The molecule has 2 N–H and O–H groups in total. The average molecular weight is 464 g/mol. The van der Waals surface area contributed by atoms with Gasteiger partial charge in [-0.15, -0.1) is 0 Å². The molecule has 1 aromatic rings. The Balaban J connectivity index is 1.38. The minimum absolute atomic E-state index is 0.00349. The maximum Gasteiger partial charge on any atom is 0.169 e. The van der Waals surface area contributed by atoms with Gasteiger partial charge in [0.05, 0.1) is 19.3 Å². The van der Waals surface area contributed by atoms with Crippen LogP contribution in [0.5, 0.6) is 0 Å². The molecule has 6 unspecified atom stereocenters. The fourth-order valence-electron chi connectivity index (χ4n) is 8.32. The Morgan fingerprint density at radius 1 is 0.971 bits per heavy atom. The van der Waals surface area contributed by atoms with Gasteiger partial charge in [-0.25, -0.2) is 0 Å². The molecule has 1 aliphatic heterocycles. The monoisotopic (exact) mass is 463 g/mol. The lowest BCUT2D eigenvalue weighted by Crippen LogP contribution is -2.52. The molecular formula is C30H41NO3. The van der Waals surface area contributed by atoms with Crippen molar-refractivity contribution in [3.8, 4) is 0 Å². The first-order valence-electron chi connectivity index (χ1n) is 13.5. The molecule has 34 heavy (non-hydrogen) atoms. The van der Waals surface area contributed by atoms with Gasteiger partial charge in [0.15, 0.2) is 5.79 Å². The van der Waals surface area contributed by atoms with E-state index in [1.54, 1.807) is 11.1 Å². The van der Waals surface area contributed by atoms with Crippen molar-refractivity contribution in [3.05, 3.63) is 46.5 Å². The van der Waals surface area contributed by atoms with Gasteiger partial charge in [0.1, 0.15) is 0 Å². The highest BCUT2D eigenvalue weighted by atomic mass is 16.7. The van der Waals surface area contributed by atoms with Crippen LogP contribution in [0, 0.1) is 34.0 Å². The topological polar surface area (TPSA) is 62.5 Å². The summed E-state index contributed by atoms with van der Waals surface area (Å²) < 4.78 is 12.9. The number of fused-ring (bicyclic) bond motifs is 4. The highest BCUT2D eigenvalue weighted by Crippen LogP contribution is 2.64. The first-order chi connectivity index (χ1) is 16.2. The van der Waals surface area contributed by atoms with E-state index in [-0.39, 0.29) is 22.7 Å². The van der Waals surface area contributed by atoms with Crippen molar-refractivity contribution in [2.75, 3.05) is 13.2 Å². The van der Waals surface area contributed by atoms with Crippen LogP contribution in [0.3, 0.4) is 0 Å². The zero-order chi connectivity index (χ0) is 23.7. The van der Waals surface area contributed by atoms with E-state index < -0.39 is 0 Å². The van der Waals surface area contributed by atoms with Gasteiger partial charge >= 0.3 is 0 Å². The number of aliphatic hydroxyl groups excluding tert-OH is 1. The van der Waals surface area contributed by atoms with Crippen molar-refractivity contribution < 1.29 is 14.6 Å². The highest BCUT2D eigenvalue weighted by Gasteiger charge is 2.57. The van der Waals surface area contributed by atoms with Gasteiger partial charge < -0.3 is 20.0 Å². The van der Waals surface area contributed by atoms with Crippen molar-refractivity contribution in [1.82, 2.24) is 0 Å². The zero-order valence-corrected chi connectivity index (χ0v) is 21.1. The molecule has 6 rings (SSSR count). The molecule has 1 heterocycles. The number of nitrogens with one attached hydrogen (secondary N) is 1. The zero-order valence-electron chi connectivity index (χ0n) is 21.1. The van der Waals surface area contributed by atoms with E-state index in [1.165, 1.54) is 24.6 Å². The second kappa shape index (κ2) is 8.01. The largest absolute Gasteiger partial charge is 0.393 e. The molecule has 6 atom stereocenters. The Labute approximate surface area is 204 Å². The summed E-state index contributed by atoms with van der Waals surface area (Å²) in [6.45, 7) is 8.39. The Kier molecular flexibility index (Phi) is 5.41. The van der Waals surface area contributed by atoms with Gasteiger partial charge in [0.25, 0.3) is 0 Å². The second-order valence-corrected chi connectivity index (χ2v) is 13.0. The lowest BCUT2D eigenvalue weighted by Gasteiger charge is -2.55. The van der Waals surface area contributed by atoms with E-state index in [2.05, 4.69) is 45.0 Å². The molecule has 0 aromatic heterocycles. The van der Waals surface area contributed by atoms with E-state index >= 15 is 0 Å². The van der Waals surface area contributed by atoms with Gasteiger partial charge in [-0.05, 0) is 72.8 Å². The van der Waals surface area contributed by atoms with Crippen LogP contribution in [0.4, 0.5) is 0 Å². The maximum absolute atomic E-state index is 11.1. The van der Waals surface area contributed by atoms with Crippen molar-refractivity contribution in [3.63, 3.8) is 0 Å². The molecular weight excluding hydrogens is 422 g/mol. The molecule has 4 fully saturated rings. The predicted molar refractivity (Wildman–Crippen MR) is 134 cm³/mol. The Bertz CT molecular complexity index is 985. The van der Waals surface area contributed by atoms with Gasteiger partial charge in [0.2, 0.25) is 0 Å². The van der Waals surface area contributed by atoms with Crippen LogP contribution >= 0.6 is 0 Å². The van der Waals surface area contributed by atoms with E-state index in [0.29, 0.717) is 23.7 Å². The lowest BCUT2D eigenvalue weighted by molar-refractivity contribution is -0.312. The van der Waals surface area contributed by atoms with Gasteiger partial charge in [-0.3, -0.25) is 0 Å². The van der Waals surface area contributed by atoms with Crippen LogP contribution < -0.4 is 0 Å². The molecule has 184 valence electrons. The predicted octanol–water partition coefficient (Wildman–Crippen LogP) is 6.22. The van der Waals surface area contributed by atoms with Crippen LogP contribution in [-0.2, 0) is 9.47 Å². The Morgan fingerprint density at radius 3 is 2.41 bits per heavy atom. The molecule has 1 saturated heterocycles. The first-order valence-corrected chi connectivity index (χ1v) is 13.5. The molecule has 5 aliphatic rings. The summed E-state index contributed by atoms with van der Waals surface area (Å²) in [6, 6.07) is 8.65. The number of aliphatic hydroxyl groups is 1. The summed E-state index contributed by atoms with van der Waals surface area (Å²) in [4.78, 5) is 0. The number of allylic oxidation sites excluding steroid dienone is 2. The van der Waals surface area contributed by atoms with Crippen LogP contribution in [0.15, 0.2) is 35.4 Å². The van der Waals surface area contributed by atoms with Crippen LogP contribution in [0.1, 0.15) is 89.2 Å². The number of rotatable bonds is 2. The minimum Gasteiger partial charge on any atom is -0.393 e.